The molecule has 1 aliphatic rings. The first kappa shape index (κ1) is 17.9. The van der Waals surface area contributed by atoms with Crippen LogP contribution in [0, 0.1) is 5.92 Å². The van der Waals surface area contributed by atoms with Gasteiger partial charge in [-0.05, 0) is 24.6 Å². The Hall–Kier alpha value is -1.93. The van der Waals surface area contributed by atoms with Crippen molar-refractivity contribution in [3.63, 3.8) is 0 Å². The summed E-state index contributed by atoms with van der Waals surface area (Å²) in [5.74, 6) is 0.00359. The first-order valence-corrected chi connectivity index (χ1v) is 9.94. The standard InChI is InChI=1S/C17H24N4O3S/c1-13(2)17(22)20-7-4-8-21(10-9-20)25(23,24)14-5-6-16-15(11-14)18-12-19(16)3/h5-6,11-13H,4,7-10H2,1-3H3. The van der Waals surface area contributed by atoms with Gasteiger partial charge in [-0.15, -0.1) is 0 Å². The minimum Gasteiger partial charge on any atom is -0.341 e. The Morgan fingerprint density at radius 2 is 1.92 bits per heavy atom. The lowest BCUT2D eigenvalue weighted by Crippen LogP contribution is -2.38. The molecule has 1 aliphatic heterocycles. The third-order valence-electron chi connectivity index (χ3n) is 4.60. The second-order valence-electron chi connectivity index (χ2n) is 6.74. The Morgan fingerprint density at radius 1 is 1.16 bits per heavy atom. The van der Waals surface area contributed by atoms with Crippen LogP contribution in [0.5, 0.6) is 0 Å². The number of rotatable bonds is 3. The van der Waals surface area contributed by atoms with Crippen molar-refractivity contribution in [3.8, 4) is 0 Å². The molecule has 25 heavy (non-hydrogen) atoms. The van der Waals surface area contributed by atoms with Gasteiger partial charge in [-0.1, -0.05) is 13.8 Å². The first-order valence-electron chi connectivity index (χ1n) is 8.50. The number of imidazole rings is 1. The summed E-state index contributed by atoms with van der Waals surface area (Å²) in [7, 11) is -1.72. The summed E-state index contributed by atoms with van der Waals surface area (Å²) >= 11 is 0. The van der Waals surface area contributed by atoms with E-state index in [0.29, 0.717) is 38.1 Å². The van der Waals surface area contributed by atoms with Crippen LogP contribution in [0.1, 0.15) is 20.3 Å². The molecule has 7 nitrogen and oxygen atoms in total. The van der Waals surface area contributed by atoms with Gasteiger partial charge < -0.3 is 9.47 Å². The maximum absolute atomic E-state index is 13.0. The molecule has 1 saturated heterocycles. The van der Waals surface area contributed by atoms with Gasteiger partial charge in [0, 0.05) is 39.1 Å². The second kappa shape index (κ2) is 6.76. The zero-order chi connectivity index (χ0) is 18.2. The molecule has 2 aromatic rings. The highest BCUT2D eigenvalue weighted by Gasteiger charge is 2.29. The van der Waals surface area contributed by atoms with Gasteiger partial charge in [0.2, 0.25) is 15.9 Å². The normalized spacial score (nSPS) is 17.2. The predicted molar refractivity (Wildman–Crippen MR) is 95.5 cm³/mol. The molecule has 0 N–H and O–H groups in total. The Kier molecular flexibility index (Phi) is 4.83. The van der Waals surface area contributed by atoms with Gasteiger partial charge in [0.05, 0.1) is 22.3 Å². The second-order valence-corrected chi connectivity index (χ2v) is 8.68. The fourth-order valence-electron chi connectivity index (χ4n) is 3.15. The number of carbonyl (C=O) groups excluding carboxylic acids is 1. The van der Waals surface area contributed by atoms with Gasteiger partial charge >= 0.3 is 0 Å². The molecule has 136 valence electrons. The van der Waals surface area contributed by atoms with E-state index in [0.717, 1.165) is 5.52 Å². The van der Waals surface area contributed by atoms with E-state index in [9.17, 15) is 13.2 Å². The van der Waals surface area contributed by atoms with Crippen molar-refractivity contribution in [2.24, 2.45) is 13.0 Å². The number of nitrogens with zero attached hydrogens (tertiary/aromatic N) is 4. The summed E-state index contributed by atoms with van der Waals surface area (Å²) in [5, 5.41) is 0. The Balaban J connectivity index is 1.82. The van der Waals surface area contributed by atoms with Gasteiger partial charge in [-0.25, -0.2) is 13.4 Å². The molecule has 3 rings (SSSR count). The van der Waals surface area contributed by atoms with Crippen molar-refractivity contribution in [2.75, 3.05) is 26.2 Å². The number of amides is 1. The molecular weight excluding hydrogens is 340 g/mol. The van der Waals surface area contributed by atoms with Crippen LogP contribution in [0.4, 0.5) is 0 Å². The minimum absolute atomic E-state index is 0.0743. The summed E-state index contributed by atoms with van der Waals surface area (Å²) in [6, 6.07) is 5.02. The van der Waals surface area contributed by atoms with Crippen molar-refractivity contribution in [1.29, 1.82) is 0 Å². The van der Waals surface area contributed by atoms with Crippen molar-refractivity contribution in [2.45, 2.75) is 25.2 Å². The van der Waals surface area contributed by atoms with Crippen LogP contribution in [0.25, 0.3) is 11.0 Å². The molecule has 0 spiro atoms. The van der Waals surface area contributed by atoms with Crippen LogP contribution in [0.3, 0.4) is 0 Å². The van der Waals surface area contributed by atoms with Gasteiger partial charge in [0.1, 0.15) is 0 Å². The molecule has 1 aromatic heterocycles. The lowest BCUT2D eigenvalue weighted by atomic mass is 10.2. The third kappa shape index (κ3) is 3.41. The van der Waals surface area contributed by atoms with Crippen LogP contribution in [-0.2, 0) is 21.9 Å². The fourth-order valence-corrected chi connectivity index (χ4v) is 4.64. The number of benzene rings is 1. The van der Waals surface area contributed by atoms with E-state index in [-0.39, 0.29) is 16.7 Å². The summed E-state index contributed by atoms with van der Waals surface area (Å²) < 4.78 is 29.3. The maximum Gasteiger partial charge on any atom is 0.243 e. The summed E-state index contributed by atoms with van der Waals surface area (Å²) in [6.45, 7) is 5.50. The SMILES string of the molecule is CC(C)C(=O)N1CCCN(S(=O)(=O)c2ccc3c(c2)ncn3C)CC1. The van der Waals surface area contributed by atoms with Crippen LogP contribution < -0.4 is 0 Å². The van der Waals surface area contributed by atoms with E-state index in [1.54, 1.807) is 29.4 Å². The number of aromatic nitrogens is 2. The predicted octanol–water partition coefficient (Wildman–Crippen LogP) is 1.45. The quantitative estimate of drug-likeness (QED) is 0.826. The number of hydrogen-bond donors (Lipinski definition) is 0. The number of aryl methyl sites for hydroxylation is 1. The highest BCUT2D eigenvalue weighted by atomic mass is 32.2. The van der Waals surface area contributed by atoms with Gasteiger partial charge in [0.15, 0.2) is 0 Å². The van der Waals surface area contributed by atoms with E-state index < -0.39 is 10.0 Å². The lowest BCUT2D eigenvalue weighted by molar-refractivity contribution is -0.134. The molecule has 2 heterocycles. The van der Waals surface area contributed by atoms with E-state index in [1.165, 1.54) is 4.31 Å². The molecule has 0 unspecified atom stereocenters. The molecule has 8 heteroatoms. The van der Waals surface area contributed by atoms with Crippen LogP contribution in [-0.4, -0.2) is 59.3 Å². The number of fused-ring (bicyclic) bond motifs is 1. The smallest absolute Gasteiger partial charge is 0.243 e. The lowest BCUT2D eigenvalue weighted by Gasteiger charge is -2.23. The molecule has 1 aromatic carbocycles. The highest BCUT2D eigenvalue weighted by molar-refractivity contribution is 7.89. The summed E-state index contributed by atoms with van der Waals surface area (Å²) in [4.78, 5) is 18.4. The fraction of sp³-hybridized carbons (Fsp3) is 0.529. The van der Waals surface area contributed by atoms with Crippen LogP contribution >= 0.6 is 0 Å². The van der Waals surface area contributed by atoms with Gasteiger partial charge in [-0.2, -0.15) is 4.31 Å². The summed E-state index contributed by atoms with van der Waals surface area (Å²) in [6.07, 6.45) is 2.31. The number of carbonyl (C=O) groups is 1. The van der Waals surface area contributed by atoms with Gasteiger partial charge in [-0.3, -0.25) is 4.79 Å². The van der Waals surface area contributed by atoms with Gasteiger partial charge in [0.25, 0.3) is 0 Å². The highest BCUT2D eigenvalue weighted by Crippen LogP contribution is 2.22. The van der Waals surface area contributed by atoms with E-state index in [2.05, 4.69) is 4.98 Å². The van der Waals surface area contributed by atoms with Crippen LogP contribution in [0.2, 0.25) is 0 Å². The Labute approximate surface area is 148 Å². The molecule has 1 amide bonds. The summed E-state index contributed by atoms with van der Waals surface area (Å²) in [5.41, 5.74) is 1.55. The third-order valence-corrected chi connectivity index (χ3v) is 6.49. The van der Waals surface area contributed by atoms with Crippen molar-refractivity contribution >= 4 is 27.0 Å². The molecular formula is C17H24N4O3S. The minimum atomic E-state index is -3.59. The van der Waals surface area contributed by atoms with Crippen LogP contribution in [0.15, 0.2) is 29.4 Å². The van der Waals surface area contributed by atoms with E-state index in [4.69, 9.17) is 0 Å². The average Bonchev–Trinajstić information content (AvgIpc) is 2.80. The number of hydrogen-bond acceptors (Lipinski definition) is 4. The first-order chi connectivity index (χ1) is 11.8. The molecule has 1 fully saturated rings. The molecule has 0 atom stereocenters. The largest absolute Gasteiger partial charge is 0.341 e. The molecule has 0 radical (unpaired) electrons. The maximum atomic E-state index is 13.0. The van der Waals surface area contributed by atoms with E-state index >= 15 is 0 Å². The molecule has 0 bridgehead atoms. The molecule has 0 aliphatic carbocycles. The topological polar surface area (TPSA) is 75.5 Å². The van der Waals surface area contributed by atoms with Crippen molar-refractivity contribution in [3.05, 3.63) is 24.5 Å². The Bertz CT molecular complexity index is 888. The molecule has 0 saturated carbocycles. The van der Waals surface area contributed by atoms with E-state index in [1.807, 2.05) is 25.5 Å². The zero-order valence-corrected chi connectivity index (χ0v) is 15.7. The zero-order valence-electron chi connectivity index (χ0n) is 14.8. The van der Waals surface area contributed by atoms with Crippen molar-refractivity contribution < 1.29 is 13.2 Å². The Morgan fingerprint density at radius 3 is 2.64 bits per heavy atom. The monoisotopic (exact) mass is 364 g/mol. The average molecular weight is 364 g/mol. The number of sulfonamides is 1. The van der Waals surface area contributed by atoms with Crippen molar-refractivity contribution in [1.82, 2.24) is 18.8 Å².